The van der Waals surface area contributed by atoms with Gasteiger partial charge in [-0.15, -0.1) is 0 Å². The molecule has 1 heterocycles. The van der Waals surface area contributed by atoms with Gasteiger partial charge in [-0.2, -0.15) is 0 Å². The SMILES string of the molecule is C/C=C\C=C/C(=N)N(C(C)=O)C(=O)C1=C(C)c2ccccc2S(O)(O)N1CC. The van der Waals surface area contributed by atoms with Crippen LogP contribution in [0, 0.1) is 5.41 Å². The molecule has 3 N–H and O–H groups in total. The number of imide groups is 1. The molecule has 0 radical (unpaired) electrons. The predicted molar refractivity (Wildman–Crippen MR) is 112 cm³/mol. The van der Waals surface area contributed by atoms with E-state index >= 15 is 0 Å². The third-order valence-electron chi connectivity index (χ3n) is 4.30. The second-order valence-electron chi connectivity index (χ2n) is 6.11. The Bertz CT molecular complexity index is 902. The lowest BCUT2D eigenvalue weighted by molar-refractivity contribution is -0.136. The van der Waals surface area contributed by atoms with E-state index < -0.39 is 22.6 Å². The van der Waals surface area contributed by atoms with Crippen molar-refractivity contribution < 1.29 is 18.7 Å². The summed E-state index contributed by atoms with van der Waals surface area (Å²) < 4.78 is 22.9. The average molecular weight is 404 g/mol. The number of amidine groups is 1. The van der Waals surface area contributed by atoms with E-state index in [1.807, 2.05) is 0 Å². The van der Waals surface area contributed by atoms with Crippen molar-refractivity contribution in [1.29, 1.82) is 5.41 Å². The average Bonchev–Trinajstić information content (AvgIpc) is 2.64. The molecule has 0 unspecified atom stereocenters. The van der Waals surface area contributed by atoms with Gasteiger partial charge < -0.3 is 0 Å². The van der Waals surface area contributed by atoms with Crippen LogP contribution in [0.3, 0.4) is 0 Å². The lowest BCUT2D eigenvalue weighted by atomic mass is 10.0. The number of hydrogen-bond acceptors (Lipinski definition) is 6. The zero-order valence-electron chi connectivity index (χ0n) is 16.3. The van der Waals surface area contributed by atoms with Crippen molar-refractivity contribution in [1.82, 2.24) is 9.21 Å². The second kappa shape index (κ2) is 8.55. The molecule has 0 saturated carbocycles. The van der Waals surface area contributed by atoms with Crippen molar-refractivity contribution in [2.24, 2.45) is 0 Å². The van der Waals surface area contributed by atoms with Crippen LogP contribution in [-0.2, 0) is 9.59 Å². The Kier molecular flexibility index (Phi) is 6.60. The Morgan fingerprint density at radius 3 is 2.46 bits per heavy atom. The summed E-state index contributed by atoms with van der Waals surface area (Å²) in [6.07, 6.45) is 6.31. The van der Waals surface area contributed by atoms with Gasteiger partial charge in [0, 0.05) is 19.0 Å². The first kappa shape index (κ1) is 21.6. The van der Waals surface area contributed by atoms with Crippen molar-refractivity contribution in [3.05, 3.63) is 59.8 Å². The molecule has 2 amide bonds. The molecule has 1 aromatic rings. The highest BCUT2D eigenvalue weighted by Gasteiger charge is 2.40. The summed E-state index contributed by atoms with van der Waals surface area (Å²) in [6.45, 7) is 6.53. The summed E-state index contributed by atoms with van der Waals surface area (Å²) in [6, 6.07) is 6.76. The summed E-state index contributed by atoms with van der Waals surface area (Å²) in [5.74, 6) is -1.70. The van der Waals surface area contributed by atoms with Gasteiger partial charge in [-0.05, 0) is 38.5 Å². The quantitative estimate of drug-likeness (QED) is 0.396. The monoisotopic (exact) mass is 403 g/mol. The van der Waals surface area contributed by atoms with Gasteiger partial charge in [0.05, 0.1) is 4.90 Å². The smallest absolute Gasteiger partial charge is 0.284 e. The van der Waals surface area contributed by atoms with Crippen LogP contribution in [-0.4, -0.2) is 42.5 Å². The summed E-state index contributed by atoms with van der Waals surface area (Å²) in [5.41, 5.74) is 1.06. The van der Waals surface area contributed by atoms with E-state index in [1.54, 1.807) is 63.3 Å². The Hall–Kier alpha value is -2.68. The highest BCUT2D eigenvalue weighted by Crippen LogP contribution is 2.59. The van der Waals surface area contributed by atoms with Crippen molar-refractivity contribution in [3.63, 3.8) is 0 Å². The van der Waals surface area contributed by atoms with Gasteiger partial charge in [0.25, 0.3) is 5.91 Å². The van der Waals surface area contributed by atoms with Crippen molar-refractivity contribution in [3.8, 4) is 0 Å². The first-order valence-corrected chi connectivity index (χ1v) is 10.3. The van der Waals surface area contributed by atoms with Crippen LogP contribution in [0.15, 0.2) is 59.2 Å². The first-order chi connectivity index (χ1) is 13.2. The van der Waals surface area contributed by atoms with E-state index in [9.17, 15) is 18.7 Å². The van der Waals surface area contributed by atoms with Crippen LogP contribution >= 0.6 is 10.8 Å². The van der Waals surface area contributed by atoms with Gasteiger partial charge in [-0.25, -0.2) is 4.90 Å². The number of amides is 2. The molecular formula is C20H25N3O4S. The minimum absolute atomic E-state index is 0.000540. The molecule has 8 heteroatoms. The largest absolute Gasteiger partial charge is 0.284 e. The highest BCUT2D eigenvalue weighted by molar-refractivity contribution is 8.22. The maximum Gasteiger partial charge on any atom is 0.284 e. The lowest BCUT2D eigenvalue weighted by Gasteiger charge is -2.48. The van der Waals surface area contributed by atoms with Crippen LogP contribution < -0.4 is 0 Å². The zero-order chi connectivity index (χ0) is 21.1. The molecule has 0 spiro atoms. The van der Waals surface area contributed by atoms with Gasteiger partial charge in [0.1, 0.15) is 11.5 Å². The fourth-order valence-corrected chi connectivity index (χ4v) is 4.89. The minimum atomic E-state index is -3.45. The van der Waals surface area contributed by atoms with Crippen molar-refractivity contribution in [2.75, 3.05) is 6.54 Å². The maximum absolute atomic E-state index is 13.3. The summed E-state index contributed by atoms with van der Waals surface area (Å²) in [4.78, 5) is 26.5. The molecule has 7 nitrogen and oxygen atoms in total. The number of rotatable bonds is 4. The number of nitrogens with zero attached hydrogens (tertiary/aromatic N) is 2. The van der Waals surface area contributed by atoms with E-state index in [-0.39, 0.29) is 18.1 Å². The van der Waals surface area contributed by atoms with Crippen LogP contribution in [0.1, 0.15) is 33.3 Å². The zero-order valence-corrected chi connectivity index (χ0v) is 17.2. The molecule has 150 valence electrons. The third kappa shape index (κ3) is 3.80. The number of nitrogens with one attached hydrogen (secondary N) is 1. The molecule has 0 bridgehead atoms. The van der Waals surface area contributed by atoms with Crippen molar-refractivity contribution >= 4 is 34.0 Å². The molecule has 1 aliphatic rings. The molecule has 2 rings (SSSR count). The van der Waals surface area contributed by atoms with Crippen molar-refractivity contribution in [2.45, 2.75) is 32.6 Å². The maximum atomic E-state index is 13.3. The predicted octanol–water partition coefficient (Wildman–Crippen LogP) is 4.26. The molecule has 0 aliphatic carbocycles. The molecule has 0 aromatic heterocycles. The summed E-state index contributed by atoms with van der Waals surface area (Å²) >= 11 is 0. The molecule has 0 saturated heterocycles. The van der Waals surface area contributed by atoms with E-state index in [2.05, 4.69) is 0 Å². The van der Waals surface area contributed by atoms with Gasteiger partial charge in [0.15, 0.2) is 0 Å². The molecule has 1 aliphatic heterocycles. The number of likely N-dealkylation sites (N-methyl/N-ethyl adjacent to an activating group) is 1. The molecule has 0 atom stereocenters. The summed E-state index contributed by atoms with van der Waals surface area (Å²) in [7, 11) is -3.45. The normalized spacial score (nSPS) is 17.0. The number of benzene rings is 1. The number of hydrogen-bond donors (Lipinski definition) is 3. The van der Waals surface area contributed by atoms with Gasteiger partial charge in [-0.3, -0.25) is 28.4 Å². The van der Waals surface area contributed by atoms with E-state index in [0.717, 1.165) is 4.90 Å². The molecule has 0 fully saturated rings. The summed E-state index contributed by atoms with van der Waals surface area (Å²) in [5, 5.41) is 8.14. The molecular weight excluding hydrogens is 378 g/mol. The topological polar surface area (TPSA) is 105 Å². The van der Waals surface area contributed by atoms with Crippen LogP contribution in [0.5, 0.6) is 0 Å². The Labute approximate surface area is 166 Å². The van der Waals surface area contributed by atoms with E-state index in [1.165, 1.54) is 17.3 Å². The molecule has 1 aromatic carbocycles. The molecule has 28 heavy (non-hydrogen) atoms. The Morgan fingerprint density at radius 2 is 1.89 bits per heavy atom. The van der Waals surface area contributed by atoms with Gasteiger partial charge >= 0.3 is 0 Å². The lowest BCUT2D eigenvalue weighted by Crippen LogP contribution is -2.45. The Morgan fingerprint density at radius 1 is 1.25 bits per heavy atom. The van der Waals surface area contributed by atoms with Crippen LogP contribution in [0.2, 0.25) is 0 Å². The fraction of sp³-hybridized carbons (Fsp3) is 0.250. The fourth-order valence-electron chi connectivity index (χ4n) is 3.04. The van der Waals surface area contributed by atoms with Gasteiger partial charge in [0.2, 0.25) is 5.91 Å². The number of allylic oxidation sites excluding steroid dienone is 4. The second-order valence-corrected chi connectivity index (χ2v) is 8.03. The van der Waals surface area contributed by atoms with Crippen LogP contribution in [0.4, 0.5) is 0 Å². The Balaban J connectivity index is 2.63. The van der Waals surface area contributed by atoms with Crippen LogP contribution in [0.25, 0.3) is 5.57 Å². The number of fused-ring (bicyclic) bond motifs is 1. The number of carbonyl (C=O) groups excluding carboxylic acids is 2. The van der Waals surface area contributed by atoms with E-state index in [0.29, 0.717) is 16.0 Å². The minimum Gasteiger partial charge on any atom is -0.284 e. The first-order valence-electron chi connectivity index (χ1n) is 8.77. The highest BCUT2D eigenvalue weighted by atomic mass is 32.3. The van der Waals surface area contributed by atoms with E-state index in [4.69, 9.17) is 5.41 Å². The standard InChI is InChI=1S/C20H25N3O4S/c1-5-7-8-13-18(21)23(15(4)24)20(25)19-14(3)16-11-9-10-12-17(16)28(26,27)22(19)6-2/h5,7-13,21,26-27H,6H2,1-4H3/b7-5-,13-8-,21-18?. The third-order valence-corrected chi connectivity index (χ3v) is 6.31. The van der Waals surface area contributed by atoms with Gasteiger partial charge in [-0.1, -0.05) is 47.2 Å². The number of carbonyl (C=O) groups is 2.